The van der Waals surface area contributed by atoms with Crippen LogP contribution >= 0.6 is 0 Å². The molecule has 0 saturated heterocycles. The van der Waals surface area contributed by atoms with E-state index in [9.17, 15) is 10.1 Å². The summed E-state index contributed by atoms with van der Waals surface area (Å²) < 4.78 is 0. The molecule has 0 aromatic heterocycles. The first-order chi connectivity index (χ1) is 7.20. The number of benzene rings is 1. The predicted octanol–water partition coefficient (Wildman–Crippen LogP) is 1.45. The summed E-state index contributed by atoms with van der Waals surface area (Å²) in [6, 6.07) is 8.19. The van der Waals surface area contributed by atoms with E-state index in [0.717, 1.165) is 5.56 Å². The Morgan fingerprint density at radius 2 is 2.07 bits per heavy atom. The standard InChI is InChI=1S/C10H10N2O3/c1-7-10(12(13)14)9(11-15-7)8-5-3-2-4-6-8/h2-7,10H,1H3. The van der Waals surface area contributed by atoms with E-state index in [1.54, 1.807) is 19.1 Å². The van der Waals surface area contributed by atoms with Gasteiger partial charge >= 0.3 is 0 Å². The van der Waals surface area contributed by atoms with Gasteiger partial charge in [0.1, 0.15) is 0 Å². The van der Waals surface area contributed by atoms with E-state index in [0.29, 0.717) is 5.71 Å². The highest BCUT2D eigenvalue weighted by Gasteiger charge is 2.41. The fraction of sp³-hybridized carbons (Fsp3) is 0.300. The van der Waals surface area contributed by atoms with E-state index in [2.05, 4.69) is 5.16 Å². The summed E-state index contributed by atoms with van der Waals surface area (Å²) in [5.74, 6) is 0. The zero-order valence-electron chi connectivity index (χ0n) is 8.16. The van der Waals surface area contributed by atoms with Crippen molar-refractivity contribution in [2.45, 2.75) is 19.1 Å². The van der Waals surface area contributed by atoms with Crippen LogP contribution in [-0.4, -0.2) is 22.8 Å². The fourth-order valence-electron chi connectivity index (χ4n) is 1.58. The minimum Gasteiger partial charge on any atom is -0.384 e. The van der Waals surface area contributed by atoms with Crippen molar-refractivity contribution in [2.24, 2.45) is 5.16 Å². The summed E-state index contributed by atoms with van der Waals surface area (Å²) in [6.07, 6.45) is -0.504. The van der Waals surface area contributed by atoms with Crippen LogP contribution in [0.15, 0.2) is 35.5 Å². The van der Waals surface area contributed by atoms with Gasteiger partial charge in [-0.15, -0.1) is 0 Å². The Morgan fingerprint density at radius 1 is 1.40 bits per heavy atom. The van der Waals surface area contributed by atoms with Gasteiger partial charge in [0.25, 0.3) is 6.04 Å². The van der Waals surface area contributed by atoms with E-state index in [1.807, 2.05) is 18.2 Å². The lowest BCUT2D eigenvalue weighted by atomic mass is 10.0. The molecule has 1 aromatic carbocycles. The van der Waals surface area contributed by atoms with Crippen molar-refractivity contribution in [3.63, 3.8) is 0 Å². The average Bonchev–Trinajstić information content (AvgIpc) is 2.61. The lowest BCUT2D eigenvalue weighted by Crippen LogP contribution is -2.35. The molecule has 0 radical (unpaired) electrons. The molecule has 1 aromatic rings. The monoisotopic (exact) mass is 206 g/mol. The molecule has 0 amide bonds. The Hall–Kier alpha value is -1.91. The number of rotatable bonds is 2. The Labute approximate surface area is 86.5 Å². The number of hydrogen-bond donors (Lipinski definition) is 0. The van der Waals surface area contributed by atoms with Crippen LogP contribution in [0.4, 0.5) is 0 Å². The zero-order valence-corrected chi connectivity index (χ0v) is 8.16. The van der Waals surface area contributed by atoms with Crippen molar-refractivity contribution in [1.29, 1.82) is 0 Å². The van der Waals surface area contributed by atoms with Gasteiger partial charge < -0.3 is 4.84 Å². The highest BCUT2D eigenvalue weighted by molar-refractivity contribution is 6.04. The van der Waals surface area contributed by atoms with E-state index >= 15 is 0 Å². The van der Waals surface area contributed by atoms with Crippen LogP contribution in [0.5, 0.6) is 0 Å². The summed E-state index contributed by atoms with van der Waals surface area (Å²) >= 11 is 0. The molecule has 1 aliphatic heterocycles. The smallest absolute Gasteiger partial charge is 0.296 e. The number of oxime groups is 1. The molecular weight excluding hydrogens is 196 g/mol. The van der Waals surface area contributed by atoms with Crippen LogP contribution in [0.25, 0.3) is 0 Å². The first-order valence-corrected chi connectivity index (χ1v) is 4.63. The van der Waals surface area contributed by atoms with Gasteiger partial charge in [-0.1, -0.05) is 35.5 Å². The molecule has 5 nitrogen and oxygen atoms in total. The topological polar surface area (TPSA) is 64.7 Å². The van der Waals surface area contributed by atoms with Gasteiger partial charge in [-0.3, -0.25) is 10.1 Å². The third-order valence-corrected chi connectivity index (χ3v) is 2.34. The second-order valence-electron chi connectivity index (χ2n) is 3.38. The summed E-state index contributed by atoms with van der Waals surface area (Å²) in [5, 5.41) is 14.6. The van der Waals surface area contributed by atoms with E-state index in [4.69, 9.17) is 4.84 Å². The normalized spacial score (nSPS) is 24.5. The Morgan fingerprint density at radius 3 is 2.67 bits per heavy atom. The maximum absolute atomic E-state index is 10.8. The van der Waals surface area contributed by atoms with Crippen LogP contribution in [0.2, 0.25) is 0 Å². The molecule has 1 aliphatic rings. The third-order valence-electron chi connectivity index (χ3n) is 2.34. The molecular formula is C10H10N2O3. The van der Waals surface area contributed by atoms with Crippen molar-refractivity contribution < 1.29 is 9.76 Å². The first kappa shape index (κ1) is 9.64. The largest absolute Gasteiger partial charge is 0.384 e. The first-order valence-electron chi connectivity index (χ1n) is 4.63. The molecule has 15 heavy (non-hydrogen) atoms. The quantitative estimate of drug-likeness (QED) is 0.543. The second kappa shape index (κ2) is 3.68. The summed E-state index contributed by atoms with van der Waals surface area (Å²) in [4.78, 5) is 15.4. The molecule has 0 fully saturated rings. The van der Waals surface area contributed by atoms with Gasteiger partial charge in [-0.05, 0) is 6.92 Å². The third kappa shape index (κ3) is 1.68. The molecule has 0 bridgehead atoms. The minimum atomic E-state index is -0.868. The Balaban J connectivity index is 2.34. The fourth-order valence-corrected chi connectivity index (χ4v) is 1.58. The van der Waals surface area contributed by atoms with Crippen LogP contribution in [0, 0.1) is 10.1 Å². The molecule has 1 heterocycles. The van der Waals surface area contributed by atoms with Gasteiger partial charge in [0.05, 0.1) is 0 Å². The maximum atomic E-state index is 10.8. The second-order valence-corrected chi connectivity index (χ2v) is 3.38. The van der Waals surface area contributed by atoms with Crippen LogP contribution < -0.4 is 0 Å². The van der Waals surface area contributed by atoms with Gasteiger partial charge in [-0.25, -0.2) is 0 Å². The molecule has 2 unspecified atom stereocenters. The zero-order chi connectivity index (χ0) is 10.8. The van der Waals surface area contributed by atoms with Gasteiger partial charge in [0.15, 0.2) is 11.8 Å². The predicted molar refractivity (Wildman–Crippen MR) is 54.3 cm³/mol. The summed E-state index contributed by atoms with van der Waals surface area (Å²) in [7, 11) is 0. The molecule has 0 aliphatic carbocycles. The summed E-state index contributed by atoms with van der Waals surface area (Å²) in [5.41, 5.74) is 1.14. The number of hydrogen-bond acceptors (Lipinski definition) is 4. The van der Waals surface area contributed by atoms with Crippen molar-refractivity contribution in [3.05, 3.63) is 46.0 Å². The number of nitro groups is 1. The van der Waals surface area contributed by atoms with Crippen molar-refractivity contribution >= 4 is 5.71 Å². The van der Waals surface area contributed by atoms with E-state index in [1.165, 1.54) is 0 Å². The van der Waals surface area contributed by atoms with Crippen molar-refractivity contribution in [2.75, 3.05) is 0 Å². The van der Waals surface area contributed by atoms with Gasteiger partial charge in [-0.2, -0.15) is 0 Å². The maximum Gasteiger partial charge on any atom is 0.296 e. The SMILES string of the molecule is CC1ON=C(c2ccccc2)C1[N+](=O)[O-]. The molecule has 0 N–H and O–H groups in total. The van der Waals surface area contributed by atoms with Crippen LogP contribution in [0.1, 0.15) is 12.5 Å². The van der Waals surface area contributed by atoms with Crippen molar-refractivity contribution in [1.82, 2.24) is 0 Å². The molecule has 2 rings (SSSR count). The van der Waals surface area contributed by atoms with Crippen LogP contribution in [0.3, 0.4) is 0 Å². The van der Waals surface area contributed by atoms with E-state index in [-0.39, 0.29) is 4.92 Å². The molecule has 0 saturated carbocycles. The number of nitrogens with zero attached hydrogens (tertiary/aromatic N) is 2. The Kier molecular flexibility index (Phi) is 2.37. The molecule has 0 spiro atoms. The van der Waals surface area contributed by atoms with E-state index < -0.39 is 12.1 Å². The molecule has 78 valence electrons. The van der Waals surface area contributed by atoms with Crippen molar-refractivity contribution in [3.8, 4) is 0 Å². The molecule has 2 atom stereocenters. The highest BCUT2D eigenvalue weighted by Crippen LogP contribution is 2.19. The minimum absolute atomic E-state index is 0.358. The Bertz CT molecular complexity index is 402. The average molecular weight is 206 g/mol. The van der Waals surface area contributed by atoms with Gasteiger partial charge in [0.2, 0.25) is 0 Å². The lowest BCUT2D eigenvalue weighted by Gasteiger charge is -2.06. The van der Waals surface area contributed by atoms with Crippen LogP contribution in [-0.2, 0) is 4.84 Å². The summed E-state index contributed by atoms with van der Waals surface area (Å²) in [6.45, 7) is 1.65. The highest BCUT2D eigenvalue weighted by atomic mass is 16.7. The molecule has 5 heteroatoms. The lowest BCUT2D eigenvalue weighted by molar-refractivity contribution is -0.510. The van der Waals surface area contributed by atoms with Gasteiger partial charge in [0, 0.05) is 10.5 Å².